The molecule has 0 saturated carbocycles. The molecule has 0 aliphatic carbocycles. The highest BCUT2D eigenvalue weighted by molar-refractivity contribution is 5.90. The number of carbonyl (C=O) groups excluding carboxylic acids is 2. The van der Waals surface area contributed by atoms with Crippen molar-refractivity contribution >= 4 is 11.8 Å². The Morgan fingerprint density at radius 1 is 1.42 bits per heavy atom. The summed E-state index contributed by atoms with van der Waals surface area (Å²) in [4.78, 5) is 39.4. The third-order valence-corrected chi connectivity index (χ3v) is 3.87. The van der Waals surface area contributed by atoms with E-state index in [1.165, 1.54) is 9.25 Å². The maximum absolute atomic E-state index is 12.2. The number of nitrogens with zero attached hydrogens (tertiary/aromatic N) is 4. The van der Waals surface area contributed by atoms with Crippen molar-refractivity contribution in [3.63, 3.8) is 0 Å². The Morgan fingerprint density at radius 3 is 2.92 bits per heavy atom. The van der Waals surface area contributed by atoms with E-state index in [9.17, 15) is 14.4 Å². The molecule has 1 atom stereocenters. The SMILES string of the molecule is Cn1c(-c2ccccn2)nn(CCNC(=O)C2CCC(=O)N2)c1=O. The summed E-state index contributed by atoms with van der Waals surface area (Å²) >= 11 is 0. The zero-order valence-corrected chi connectivity index (χ0v) is 13.2. The van der Waals surface area contributed by atoms with Gasteiger partial charge in [-0.3, -0.25) is 19.1 Å². The maximum Gasteiger partial charge on any atom is 0.346 e. The molecule has 24 heavy (non-hydrogen) atoms. The van der Waals surface area contributed by atoms with Crippen molar-refractivity contribution in [2.75, 3.05) is 6.54 Å². The molecule has 1 aliphatic heterocycles. The van der Waals surface area contributed by atoms with Crippen LogP contribution in [0.5, 0.6) is 0 Å². The molecule has 2 amide bonds. The van der Waals surface area contributed by atoms with E-state index < -0.39 is 6.04 Å². The van der Waals surface area contributed by atoms with Crippen LogP contribution >= 0.6 is 0 Å². The molecule has 126 valence electrons. The van der Waals surface area contributed by atoms with Crippen LogP contribution in [0.1, 0.15) is 12.8 Å². The third kappa shape index (κ3) is 3.19. The average Bonchev–Trinajstić information content (AvgIpc) is 3.14. The Balaban J connectivity index is 1.63. The van der Waals surface area contributed by atoms with Crippen LogP contribution in [-0.4, -0.2) is 43.7 Å². The van der Waals surface area contributed by atoms with Gasteiger partial charge in [0.2, 0.25) is 11.8 Å². The number of rotatable bonds is 5. The van der Waals surface area contributed by atoms with Crippen molar-refractivity contribution in [3.05, 3.63) is 34.9 Å². The molecule has 3 rings (SSSR count). The van der Waals surface area contributed by atoms with Crippen molar-refractivity contribution < 1.29 is 9.59 Å². The number of carbonyl (C=O) groups is 2. The van der Waals surface area contributed by atoms with Gasteiger partial charge in [-0.2, -0.15) is 0 Å². The molecule has 0 radical (unpaired) electrons. The molecule has 1 aliphatic rings. The number of amides is 2. The minimum absolute atomic E-state index is 0.115. The lowest BCUT2D eigenvalue weighted by Gasteiger charge is -2.10. The zero-order chi connectivity index (χ0) is 17.1. The molecule has 0 spiro atoms. The number of hydrogen-bond donors (Lipinski definition) is 2. The van der Waals surface area contributed by atoms with E-state index in [1.807, 2.05) is 6.07 Å². The number of aromatic nitrogens is 4. The van der Waals surface area contributed by atoms with Gasteiger partial charge in [0.25, 0.3) is 0 Å². The molecule has 1 fully saturated rings. The largest absolute Gasteiger partial charge is 0.352 e. The van der Waals surface area contributed by atoms with Gasteiger partial charge in [-0.1, -0.05) is 6.07 Å². The van der Waals surface area contributed by atoms with E-state index in [0.29, 0.717) is 24.4 Å². The van der Waals surface area contributed by atoms with Crippen molar-refractivity contribution in [1.82, 2.24) is 30.0 Å². The van der Waals surface area contributed by atoms with E-state index >= 15 is 0 Å². The lowest BCUT2D eigenvalue weighted by molar-refractivity contribution is -0.125. The average molecular weight is 330 g/mol. The smallest absolute Gasteiger partial charge is 0.346 e. The minimum Gasteiger partial charge on any atom is -0.352 e. The van der Waals surface area contributed by atoms with Gasteiger partial charge < -0.3 is 10.6 Å². The second-order valence-corrected chi connectivity index (χ2v) is 5.55. The molecule has 0 aromatic carbocycles. The van der Waals surface area contributed by atoms with Crippen LogP contribution in [0.15, 0.2) is 29.2 Å². The normalized spacial score (nSPS) is 16.9. The van der Waals surface area contributed by atoms with E-state index in [1.54, 1.807) is 25.4 Å². The van der Waals surface area contributed by atoms with E-state index in [2.05, 4.69) is 20.7 Å². The first kappa shape index (κ1) is 15.9. The Bertz CT molecular complexity index is 810. The predicted molar refractivity (Wildman–Crippen MR) is 84.9 cm³/mol. The fourth-order valence-electron chi connectivity index (χ4n) is 2.57. The standard InChI is InChI=1S/C15H18N6O3/c1-20-13(10-4-2-3-7-16-10)19-21(15(20)24)9-8-17-14(23)11-5-6-12(22)18-11/h2-4,7,11H,5-6,8-9H2,1H3,(H,17,23)(H,18,22). The summed E-state index contributed by atoms with van der Waals surface area (Å²) in [5, 5.41) is 9.58. The monoisotopic (exact) mass is 330 g/mol. The Labute approximate surface area is 137 Å². The summed E-state index contributed by atoms with van der Waals surface area (Å²) < 4.78 is 2.71. The van der Waals surface area contributed by atoms with Crippen LogP contribution in [0.3, 0.4) is 0 Å². The lowest BCUT2D eigenvalue weighted by atomic mass is 10.2. The van der Waals surface area contributed by atoms with Crippen LogP contribution in [0.2, 0.25) is 0 Å². The summed E-state index contributed by atoms with van der Waals surface area (Å²) in [5.74, 6) is 0.112. The first-order valence-electron chi connectivity index (χ1n) is 7.68. The maximum atomic E-state index is 12.2. The molecule has 9 nitrogen and oxygen atoms in total. The molecular formula is C15H18N6O3. The molecular weight excluding hydrogens is 312 g/mol. The quantitative estimate of drug-likeness (QED) is 0.733. The highest BCUT2D eigenvalue weighted by Crippen LogP contribution is 2.10. The van der Waals surface area contributed by atoms with Gasteiger partial charge >= 0.3 is 5.69 Å². The van der Waals surface area contributed by atoms with Crippen molar-refractivity contribution in [2.24, 2.45) is 7.05 Å². The summed E-state index contributed by atoms with van der Waals surface area (Å²) in [6.07, 6.45) is 2.50. The van der Waals surface area contributed by atoms with Crippen molar-refractivity contribution in [1.29, 1.82) is 0 Å². The molecule has 0 bridgehead atoms. The minimum atomic E-state index is -0.484. The Hall–Kier alpha value is -2.97. The van der Waals surface area contributed by atoms with Gasteiger partial charge in [0, 0.05) is 26.2 Å². The summed E-state index contributed by atoms with van der Waals surface area (Å²) in [6, 6.07) is 4.90. The first-order chi connectivity index (χ1) is 11.6. The van der Waals surface area contributed by atoms with E-state index in [-0.39, 0.29) is 30.6 Å². The molecule has 1 unspecified atom stereocenters. The third-order valence-electron chi connectivity index (χ3n) is 3.87. The summed E-state index contributed by atoms with van der Waals surface area (Å²) in [5.41, 5.74) is 0.327. The predicted octanol–water partition coefficient (Wildman–Crippen LogP) is -0.961. The van der Waals surface area contributed by atoms with Crippen molar-refractivity contribution in [2.45, 2.75) is 25.4 Å². The van der Waals surface area contributed by atoms with Crippen LogP contribution in [0.25, 0.3) is 11.5 Å². The topological polar surface area (TPSA) is 111 Å². The second kappa shape index (κ2) is 6.65. The van der Waals surface area contributed by atoms with Gasteiger partial charge in [0.15, 0.2) is 5.82 Å². The van der Waals surface area contributed by atoms with Crippen LogP contribution in [0, 0.1) is 0 Å². The molecule has 9 heteroatoms. The van der Waals surface area contributed by atoms with Gasteiger partial charge in [-0.15, -0.1) is 5.10 Å². The van der Waals surface area contributed by atoms with Gasteiger partial charge in [-0.25, -0.2) is 9.48 Å². The Kier molecular flexibility index (Phi) is 4.41. The highest BCUT2D eigenvalue weighted by Gasteiger charge is 2.26. The zero-order valence-electron chi connectivity index (χ0n) is 13.2. The van der Waals surface area contributed by atoms with Crippen LogP contribution < -0.4 is 16.3 Å². The molecule has 2 aromatic rings. The number of hydrogen-bond acceptors (Lipinski definition) is 5. The van der Waals surface area contributed by atoms with Gasteiger partial charge in [0.05, 0.1) is 6.54 Å². The highest BCUT2D eigenvalue weighted by atomic mass is 16.2. The van der Waals surface area contributed by atoms with Gasteiger partial charge in [-0.05, 0) is 18.6 Å². The first-order valence-corrected chi connectivity index (χ1v) is 7.68. The van der Waals surface area contributed by atoms with Crippen LogP contribution in [-0.2, 0) is 23.2 Å². The Morgan fingerprint density at radius 2 is 2.25 bits per heavy atom. The summed E-state index contributed by atoms with van der Waals surface area (Å²) in [7, 11) is 1.63. The lowest BCUT2D eigenvalue weighted by Crippen LogP contribution is -2.43. The number of nitrogens with one attached hydrogen (secondary N) is 2. The van der Waals surface area contributed by atoms with E-state index in [4.69, 9.17) is 0 Å². The fraction of sp³-hybridized carbons (Fsp3) is 0.400. The molecule has 2 N–H and O–H groups in total. The molecule has 2 aromatic heterocycles. The molecule has 3 heterocycles. The fourth-order valence-corrected chi connectivity index (χ4v) is 2.57. The van der Waals surface area contributed by atoms with Crippen LogP contribution in [0.4, 0.5) is 0 Å². The summed E-state index contributed by atoms with van der Waals surface area (Å²) in [6.45, 7) is 0.496. The second-order valence-electron chi connectivity index (χ2n) is 5.55. The number of pyridine rings is 1. The van der Waals surface area contributed by atoms with E-state index in [0.717, 1.165) is 0 Å². The van der Waals surface area contributed by atoms with Gasteiger partial charge in [0.1, 0.15) is 11.7 Å². The molecule has 1 saturated heterocycles. The van der Waals surface area contributed by atoms with Crippen molar-refractivity contribution in [3.8, 4) is 11.5 Å².